The van der Waals surface area contributed by atoms with Gasteiger partial charge in [-0.25, -0.2) is 4.98 Å². The predicted molar refractivity (Wildman–Crippen MR) is 78.6 cm³/mol. The first-order valence-electron chi connectivity index (χ1n) is 5.53. The number of aromatic nitrogens is 2. The second-order valence-corrected chi connectivity index (χ2v) is 5.40. The number of halogens is 2. The van der Waals surface area contributed by atoms with Crippen molar-refractivity contribution in [3.8, 4) is 0 Å². The number of carbonyl (C=O) groups is 1. The molecule has 1 N–H and O–H groups in total. The molecule has 19 heavy (non-hydrogen) atoms. The van der Waals surface area contributed by atoms with Crippen LogP contribution in [-0.2, 0) is 0 Å². The molecule has 0 saturated carbocycles. The van der Waals surface area contributed by atoms with Crippen LogP contribution in [0.15, 0.2) is 29.0 Å². The van der Waals surface area contributed by atoms with Crippen LogP contribution in [-0.4, -0.2) is 15.9 Å². The van der Waals surface area contributed by atoms with Crippen molar-refractivity contribution in [2.75, 3.05) is 5.32 Å². The molecule has 6 heteroatoms. The number of rotatable bonds is 2. The zero-order valence-corrected chi connectivity index (χ0v) is 12.7. The van der Waals surface area contributed by atoms with Gasteiger partial charge in [0, 0.05) is 22.6 Å². The minimum Gasteiger partial charge on any atom is -0.306 e. The summed E-state index contributed by atoms with van der Waals surface area (Å²) in [7, 11) is 0. The quantitative estimate of drug-likeness (QED) is 0.905. The van der Waals surface area contributed by atoms with Crippen LogP contribution in [0.25, 0.3) is 0 Å². The Kier molecular flexibility index (Phi) is 4.17. The van der Waals surface area contributed by atoms with Crippen molar-refractivity contribution in [3.63, 3.8) is 0 Å². The molecule has 0 aliphatic carbocycles. The van der Waals surface area contributed by atoms with Gasteiger partial charge >= 0.3 is 0 Å². The fourth-order valence-electron chi connectivity index (χ4n) is 1.54. The van der Waals surface area contributed by atoms with Gasteiger partial charge in [-0.3, -0.25) is 9.78 Å². The molecule has 0 saturated heterocycles. The summed E-state index contributed by atoms with van der Waals surface area (Å²) in [6.45, 7) is 3.68. The maximum Gasteiger partial charge on any atom is 0.259 e. The average molecular weight is 341 g/mol. The Morgan fingerprint density at radius 1 is 1.26 bits per heavy atom. The summed E-state index contributed by atoms with van der Waals surface area (Å²) in [5.41, 5.74) is 1.95. The Hall–Kier alpha value is -1.46. The smallest absolute Gasteiger partial charge is 0.259 e. The van der Waals surface area contributed by atoms with Crippen molar-refractivity contribution in [1.82, 2.24) is 9.97 Å². The number of hydrogen-bond donors (Lipinski definition) is 1. The molecule has 0 spiro atoms. The van der Waals surface area contributed by atoms with Crippen LogP contribution in [0, 0.1) is 13.8 Å². The fraction of sp³-hybridized carbons (Fsp3) is 0.154. The van der Waals surface area contributed by atoms with E-state index in [1.54, 1.807) is 12.3 Å². The number of nitrogens with zero attached hydrogens (tertiary/aromatic N) is 2. The largest absolute Gasteiger partial charge is 0.306 e. The van der Waals surface area contributed by atoms with Crippen LogP contribution in [0.4, 0.5) is 5.82 Å². The third-order valence-corrected chi connectivity index (χ3v) is 3.26. The van der Waals surface area contributed by atoms with E-state index in [4.69, 9.17) is 11.6 Å². The number of pyridine rings is 2. The van der Waals surface area contributed by atoms with Crippen molar-refractivity contribution in [2.45, 2.75) is 13.8 Å². The van der Waals surface area contributed by atoms with Gasteiger partial charge < -0.3 is 5.32 Å². The van der Waals surface area contributed by atoms with Crippen LogP contribution in [0.5, 0.6) is 0 Å². The van der Waals surface area contributed by atoms with E-state index in [1.807, 2.05) is 19.9 Å². The number of nitrogens with one attached hydrogen (secondary N) is 1. The molecule has 98 valence electrons. The summed E-state index contributed by atoms with van der Waals surface area (Å²) in [4.78, 5) is 20.3. The topological polar surface area (TPSA) is 54.9 Å². The Labute approximate surface area is 124 Å². The fourth-order valence-corrected chi connectivity index (χ4v) is 2.28. The lowest BCUT2D eigenvalue weighted by molar-refractivity contribution is 0.102. The van der Waals surface area contributed by atoms with E-state index in [2.05, 4.69) is 31.2 Å². The van der Waals surface area contributed by atoms with Gasteiger partial charge in [0.25, 0.3) is 5.91 Å². The summed E-state index contributed by atoms with van der Waals surface area (Å²) in [6.07, 6.45) is 3.08. The molecule has 4 nitrogen and oxygen atoms in total. The van der Waals surface area contributed by atoms with Gasteiger partial charge in [0.2, 0.25) is 0 Å². The van der Waals surface area contributed by atoms with E-state index in [9.17, 15) is 4.79 Å². The summed E-state index contributed by atoms with van der Waals surface area (Å²) < 4.78 is 0.859. The number of aryl methyl sites for hydroxylation is 2. The van der Waals surface area contributed by atoms with Crippen LogP contribution < -0.4 is 5.32 Å². The Balaban J connectivity index is 2.25. The highest BCUT2D eigenvalue weighted by Crippen LogP contribution is 2.20. The third-order valence-electron chi connectivity index (χ3n) is 2.51. The standard InChI is InChI=1S/C13H11BrClN3O/c1-7-3-9(14)5-17-12(7)18-13(19)10-6-16-8(2)4-11(10)15/h3-6H,1-2H3,(H,17,18,19). The molecule has 0 aliphatic heterocycles. The normalized spacial score (nSPS) is 10.3. The molecule has 2 aromatic heterocycles. The molecule has 0 unspecified atom stereocenters. The van der Waals surface area contributed by atoms with Gasteiger partial charge in [0.05, 0.1) is 10.6 Å². The number of anilines is 1. The monoisotopic (exact) mass is 339 g/mol. The van der Waals surface area contributed by atoms with E-state index in [0.717, 1.165) is 15.7 Å². The Morgan fingerprint density at radius 3 is 2.63 bits per heavy atom. The predicted octanol–water partition coefficient (Wildman–Crippen LogP) is 3.76. The molecular weight excluding hydrogens is 330 g/mol. The zero-order chi connectivity index (χ0) is 14.0. The van der Waals surface area contributed by atoms with Crippen LogP contribution in [0.1, 0.15) is 21.6 Å². The van der Waals surface area contributed by atoms with E-state index in [1.165, 1.54) is 6.20 Å². The molecule has 2 aromatic rings. The molecule has 0 fully saturated rings. The number of amides is 1. The van der Waals surface area contributed by atoms with Crippen LogP contribution in [0.2, 0.25) is 5.02 Å². The summed E-state index contributed by atoms with van der Waals surface area (Å²) >= 11 is 9.35. The summed E-state index contributed by atoms with van der Waals surface area (Å²) in [5, 5.41) is 3.09. The molecule has 2 heterocycles. The van der Waals surface area contributed by atoms with Crippen LogP contribution >= 0.6 is 27.5 Å². The first-order chi connectivity index (χ1) is 8.97. The number of carbonyl (C=O) groups excluding carboxylic acids is 1. The first-order valence-corrected chi connectivity index (χ1v) is 6.70. The summed E-state index contributed by atoms with van der Waals surface area (Å²) in [5.74, 6) is 0.181. The maximum atomic E-state index is 12.1. The van der Waals surface area contributed by atoms with E-state index < -0.39 is 0 Å². The molecule has 0 radical (unpaired) electrons. The molecule has 2 rings (SSSR count). The Morgan fingerprint density at radius 2 is 2.00 bits per heavy atom. The van der Waals surface area contributed by atoms with Crippen LogP contribution in [0.3, 0.4) is 0 Å². The van der Waals surface area contributed by atoms with Gasteiger partial charge in [-0.2, -0.15) is 0 Å². The lowest BCUT2D eigenvalue weighted by atomic mass is 10.2. The highest BCUT2D eigenvalue weighted by molar-refractivity contribution is 9.10. The molecule has 0 bridgehead atoms. The minimum atomic E-state index is -0.324. The highest BCUT2D eigenvalue weighted by Gasteiger charge is 2.13. The van der Waals surface area contributed by atoms with Crippen molar-refractivity contribution in [2.24, 2.45) is 0 Å². The van der Waals surface area contributed by atoms with Crippen molar-refractivity contribution < 1.29 is 4.79 Å². The highest BCUT2D eigenvalue weighted by atomic mass is 79.9. The SMILES string of the molecule is Cc1cc(Cl)c(C(=O)Nc2ncc(Br)cc2C)cn1. The summed E-state index contributed by atoms with van der Waals surface area (Å²) in [6, 6.07) is 3.52. The lowest BCUT2D eigenvalue weighted by Gasteiger charge is -2.08. The van der Waals surface area contributed by atoms with E-state index >= 15 is 0 Å². The molecule has 0 aliphatic rings. The second kappa shape index (κ2) is 5.67. The Bertz CT molecular complexity index is 646. The lowest BCUT2D eigenvalue weighted by Crippen LogP contribution is -2.15. The zero-order valence-electron chi connectivity index (χ0n) is 10.4. The number of hydrogen-bond acceptors (Lipinski definition) is 3. The molecular formula is C13H11BrClN3O. The second-order valence-electron chi connectivity index (χ2n) is 4.08. The maximum absolute atomic E-state index is 12.1. The van der Waals surface area contributed by atoms with Gasteiger partial charge in [0.15, 0.2) is 0 Å². The molecule has 0 aromatic carbocycles. The van der Waals surface area contributed by atoms with Gasteiger partial charge in [-0.05, 0) is 47.5 Å². The van der Waals surface area contributed by atoms with Gasteiger partial charge in [0.1, 0.15) is 5.82 Å². The van der Waals surface area contributed by atoms with E-state index in [0.29, 0.717) is 16.4 Å². The third kappa shape index (κ3) is 3.30. The van der Waals surface area contributed by atoms with Gasteiger partial charge in [-0.15, -0.1) is 0 Å². The van der Waals surface area contributed by atoms with Gasteiger partial charge in [-0.1, -0.05) is 11.6 Å². The van der Waals surface area contributed by atoms with Crippen molar-refractivity contribution in [3.05, 3.63) is 50.8 Å². The van der Waals surface area contributed by atoms with Crippen molar-refractivity contribution >= 4 is 39.3 Å². The first kappa shape index (κ1) is 14.0. The molecule has 1 amide bonds. The molecule has 0 atom stereocenters. The average Bonchev–Trinajstić information content (AvgIpc) is 2.32. The van der Waals surface area contributed by atoms with Crippen molar-refractivity contribution in [1.29, 1.82) is 0 Å². The minimum absolute atomic E-state index is 0.324. The van der Waals surface area contributed by atoms with E-state index in [-0.39, 0.29) is 5.91 Å².